The van der Waals surface area contributed by atoms with Crippen molar-refractivity contribution >= 4 is 38.1 Å². The Morgan fingerprint density at radius 3 is 2.89 bits per heavy atom. The van der Waals surface area contributed by atoms with Crippen molar-refractivity contribution in [2.24, 2.45) is 5.92 Å². The van der Waals surface area contributed by atoms with Crippen LogP contribution in [-0.2, 0) is 4.79 Å². The monoisotopic (exact) mass is 390 g/mol. The first-order valence-electron chi connectivity index (χ1n) is 9.68. The average molecular weight is 391 g/mol. The minimum Gasteiger partial charge on any atom is -0.326 e. The number of rotatable bonds is 3. The zero-order chi connectivity index (χ0) is 19.1. The number of fused-ring (bicyclic) bond motifs is 3. The van der Waals surface area contributed by atoms with Gasteiger partial charge in [-0.15, -0.1) is 0 Å². The number of thiazole rings is 1. The first-order valence-corrected chi connectivity index (χ1v) is 10.5. The Morgan fingerprint density at radius 2 is 2.07 bits per heavy atom. The number of aromatic nitrogens is 2. The van der Waals surface area contributed by atoms with Crippen molar-refractivity contribution in [3.8, 4) is 11.3 Å². The lowest BCUT2D eigenvalue weighted by Crippen LogP contribution is -2.34. The van der Waals surface area contributed by atoms with Crippen LogP contribution in [0.5, 0.6) is 0 Å². The number of carbonyl (C=O) groups excluding carboxylic acids is 1. The number of piperidine rings is 1. The summed E-state index contributed by atoms with van der Waals surface area (Å²) in [5.74, 6) is 0.235. The maximum absolute atomic E-state index is 12.5. The van der Waals surface area contributed by atoms with Gasteiger partial charge in [0.2, 0.25) is 5.91 Å². The Morgan fingerprint density at radius 1 is 1.21 bits per heavy atom. The van der Waals surface area contributed by atoms with Gasteiger partial charge in [-0.05, 0) is 57.1 Å². The van der Waals surface area contributed by atoms with Crippen molar-refractivity contribution in [2.45, 2.75) is 19.8 Å². The molecule has 1 aliphatic heterocycles. The van der Waals surface area contributed by atoms with Gasteiger partial charge in [0, 0.05) is 23.4 Å². The van der Waals surface area contributed by atoms with Crippen LogP contribution in [0.25, 0.3) is 26.4 Å². The molecule has 6 heteroatoms. The Bertz CT molecular complexity index is 1170. The second-order valence-corrected chi connectivity index (χ2v) is 8.46. The molecule has 0 spiro atoms. The predicted octanol–water partition coefficient (Wildman–Crippen LogP) is 4.46. The summed E-state index contributed by atoms with van der Waals surface area (Å²) >= 11 is 1.65. The molecule has 2 aromatic heterocycles. The van der Waals surface area contributed by atoms with Crippen LogP contribution in [-0.4, -0.2) is 28.4 Å². The number of anilines is 1. The molecule has 28 heavy (non-hydrogen) atoms. The first-order chi connectivity index (χ1) is 13.7. The molecule has 1 amide bonds. The van der Waals surface area contributed by atoms with Crippen molar-refractivity contribution in [3.63, 3.8) is 0 Å². The highest BCUT2D eigenvalue weighted by Gasteiger charge is 2.21. The Balaban J connectivity index is 1.43. The van der Waals surface area contributed by atoms with Gasteiger partial charge in [0.05, 0.1) is 15.9 Å². The molecule has 2 aromatic carbocycles. The highest BCUT2D eigenvalue weighted by atomic mass is 32.1. The van der Waals surface area contributed by atoms with Gasteiger partial charge in [-0.1, -0.05) is 35.1 Å². The lowest BCUT2D eigenvalue weighted by atomic mass is 9.97. The molecule has 0 atom stereocenters. The van der Waals surface area contributed by atoms with E-state index in [9.17, 15) is 4.79 Å². The van der Waals surface area contributed by atoms with E-state index >= 15 is 0 Å². The molecule has 2 N–H and O–H groups in total. The quantitative estimate of drug-likeness (QED) is 0.543. The van der Waals surface area contributed by atoms with Crippen LogP contribution in [0.4, 0.5) is 5.69 Å². The van der Waals surface area contributed by atoms with Crippen molar-refractivity contribution in [2.75, 3.05) is 18.4 Å². The van der Waals surface area contributed by atoms with Crippen molar-refractivity contribution in [3.05, 3.63) is 54.2 Å². The molecule has 142 valence electrons. The zero-order valence-electron chi connectivity index (χ0n) is 15.7. The van der Waals surface area contributed by atoms with Gasteiger partial charge in [-0.3, -0.25) is 9.20 Å². The third kappa shape index (κ3) is 3.19. The minimum atomic E-state index is 0.106. The fourth-order valence-electron chi connectivity index (χ4n) is 3.85. The van der Waals surface area contributed by atoms with Gasteiger partial charge in [-0.25, -0.2) is 4.98 Å². The molecule has 1 saturated heterocycles. The molecule has 0 unspecified atom stereocenters. The lowest BCUT2D eigenvalue weighted by Gasteiger charge is -2.21. The van der Waals surface area contributed by atoms with E-state index in [-0.39, 0.29) is 11.8 Å². The molecule has 5 rings (SSSR count). The lowest BCUT2D eigenvalue weighted by molar-refractivity contribution is -0.120. The maximum atomic E-state index is 12.5. The molecule has 1 aliphatic rings. The summed E-state index contributed by atoms with van der Waals surface area (Å²) in [6.45, 7) is 3.93. The van der Waals surface area contributed by atoms with E-state index in [1.165, 1.54) is 5.56 Å². The Labute approximate surface area is 167 Å². The van der Waals surface area contributed by atoms with E-state index in [0.29, 0.717) is 0 Å². The average Bonchev–Trinajstić information content (AvgIpc) is 3.26. The van der Waals surface area contributed by atoms with Gasteiger partial charge in [0.1, 0.15) is 0 Å². The maximum Gasteiger partial charge on any atom is 0.227 e. The number of amides is 1. The predicted molar refractivity (Wildman–Crippen MR) is 115 cm³/mol. The van der Waals surface area contributed by atoms with E-state index < -0.39 is 0 Å². The standard InChI is InChI=1S/C22H22N4OS/c1-14-3-2-4-16(11-14)18-13-26-19-6-5-17(12-20(19)28-22(26)25-18)24-21(27)15-7-9-23-10-8-15/h2-6,11-13,15,23H,7-10H2,1H3,(H,24,27). The molecule has 0 bridgehead atoms. The largest absolute Gasteiger partial charge is 0.326 e. The number of hydrogen-bond acceptors (Lipinski definition) is 4. The van der Waals surface area contributed by atoms with Crippen LogP contribution < -0.4 is 10.6 Å². The zero-order valence-corrected chi connectivity index (χ0v) is 16.6. The summed E-state index contributed by atoms with van der Waals surface area (Å²) in [5.41, 5.74) is 5.33. The Kier molecular flexibility index (Phi) is 4.37. The van der Waals surface area contributed by atoms with Crippen LogP contribution in [0.1, 0.15) is 18.4 Å². The Hall–Kier alpha value is -2.70. The summed E-state index contributed by atoms with van der Waals surface area (Å²) in [6, 6.07) is 14.5. The number of nitrogens with zero attached hydrogens (tertiary/aromatic N) is 2. The molecule has 3 heterocycles. The van der Waals surface area contributed by atoms with Crippen molar-refractivity contribution in [1.82, 2.24) is 14.7 Å². The second kappa shape index (κ2) is 7.04. The molecular weight excluding hydrogens is 368 g/mol. The normalized spacial score (nSPS) is 15.3. The van der Waals surface area contributed by atoms with Gasteiger partial charge >= 0.3 is 0 Å². The topological polar surface area (TPSA) is 58.4 Å². The minimum absolute atomic E-state index is 0.106. The highest BCUT2D eigenvalue weighted by molar-refractivity contribution is 7.23. The van der Waals surface area contributed by atoms with Crippen LogP contribution in [0.2, 0.25) is 0 Å². The van der Waals surface area contributed by atoms with Gasteiger partial charge < -0.3 is 10.6 Å². The number of benzene rings is 2. The number of hydrogen-bond donors (Lipinski definition) is 2. The van der Waals surface area contributed by atoms with Gasteiger partial charge in [0.25, 0.3) is 0 Å². The van der Waals surface area contributed by atoms with E-state index in [2.05, 4.69) is 64.6 Å². The smallest absolute Gasteiger partial charge is 0.227 e. The third-order valence-corrected chi connectivity index (χ3v) is 6.40. The summed E-state index contributed by atoms with van der Waals surface area (Å²) < 4.78 is 3.26. The molecule has 1 fully saturated rings. The molecule has 0 aliphatic carbocycles. The number of imidazole rings is 1. The van der Waals surface area contributed by atoms with Crippen LogP contribution in [0.15, 0.2) is 48.7 Å². The summed E-state index contributed by atoms with van der Waals surface area (Å²) in [7, 11) is 0. The fraction of sp³-hybridized carbons (Fsp3) is 0.273. The summed E-state index contributed by atoms with van der Waals surface area (Å²) in [5, 5.41) is 6.39. The number of aryl methyl sites for hydroxylation is 1. The van der Waals surface area contributed by atoms with Gasteiger partial charge in [0.15, 0.2) is 4.96 Å². The first kappa shape index (κ1) is 17.4. The van der Waals surface area contributed by atoms with Crippen molar-refractivity contribution in [1.29, 1.82) is 0 Å². The molecule has 0 saturated carbocycles. The van der Waals surface area contributed by atoms with Crippen LogP contribution in [0.3, 0.4) is 0 Å². The van der Waals surface area contributed by atoms with Crippen molar-refractivity contribution < 1.29 is 4.79 Å². The summed E-state index contributed by atoms with van der Waals surface area (Å²) in [6.07, 6.45) is 3.90. The van der Waals surface area contributed by atoms with E-state index in [0.717, 1.165) is 58.1 Å². The molecule has 4 aromatic rings. The summed E-state index contributed by atoms with van der Waals surface area (Å²) in [4.78, 5) is 18.3. The van der Waals surface area contributed by atoms with Crippen LogP contribution in [0, 0.1) is 12.8 Å². The fourth-order valence-corrected chi connectivity index (χ4v) is 4.90. The van der Waals surface area contributed by atoms with E-state index in [1.54, 1.807) is 11.3 Å². The molecular formula is C22H22N4OS. The van der Waals surface area contributed by atoms with E-state index in [4.69, 9.17) is 4.98 Å². The highest BCUT2D eigenvalue weighted by Crippen LogP contribution is 2.31. The third-order valence-electron chi connectivity index (χ3n) is 5.39. The van der Waals surface area contributed by atoms with Gasteiger partial charge in [-0.2, -0.15) is 0 Å². The SMILES string of the molecule is Cc1cccc(-c2cn3c(n2)sc2cc(NC(=O)C4CCNCC4)ccc23)c1. The second-order valence-electron chi connectivity index (χ2n) is 7.45. The number of nitrogens with one attached hydrogen (secondary N) is 2. The van der Waals surface area contributed by atoms with Crippen LogP contribution >= 0.6 is 11.3 Å². The van der Waals surface area contributed by atoms with E-state index in [1.807, 2.05) is 6.07 Å². The molecule has 0 radical (unpaired) electrons. The molecule has 5 nitrogen and oxygen atoms in total. The number of carbonyl (C=O) groups is 1.